The van der Waals surface area contributed by atoms with Gasteiger partial charge in [-0.3, -0.25) is 9.36 Å². The minimum atomic E-state index is -3.91. The van der Waals surface area contributed by atoms with E-state index >= 15 is 0 Å². The van der Waals surface area contributed by atoms with Crippen LogP contribution in [0.1, 0.15) is 51.4 Å². The van der Waals surface area contributed by atoms with Crippen molar-refractivity contribution in [2.45, 2.75) is 58.6 Å². The van der Waals surface area contributed by atoms with E-state index in [4.69, 9.17) is 13.8 Å². The molecule has 7 heteroatoms. The first kappa shape index (κ1) is 20.8. The molecular formula is C17H27O6P. The number of hydrogen-bond donors (Lipinski definition) is 1. The van der Waals surface area contributed by atoms with Gasteiger partial charge in [0.2, 0.25) is 0 Å². The summed E-state index contributed by atoms with van der Waals surface area (Å²) in [4.78, 5) is 12.4. The van der Waals surface area contributed by atoms with E-state index in [1.54, 1.807) is 52.0 Å². The van der Waals surface area contributed by atoms with E-state index in [2.05, 4.69) is 0 Å². The topological polar surface area (TPSA) is 82.1 Å². The second kappa shape index (κ2) is 8.26. The molecule has 1 rings (SSSR count). The van der Waals surface area contributed by atoms with Gasteiger partial charge < -0.3 is 18.9 Å². The Hall–Kier alpha value is -1.20. The Morgan fingerprint density at radius 2 is 1.58 bits per heavy atom. The van der Waals surface area contributed by atoms with Gasteiger partial charge in [0, 0.05) is 5.56 Å². The van der Waals surface area contributed by atoms with Crippen LogP contribution in [0.2, 0.25) is 0 Å². The van der Waals surface area contributed by atoms with E-state index < -0.39 is 25.1 Å². The quantitative estimate of drug-likeness (QED) is 0.530. The van der Waals surface area contributed by atoms with Crippen LogP contribution in [0.5, 0.6) is 5.75 Å². The Bertz CT molecular complexity index is 578. The summed E-state index contributed by atoms with van der Waals surface area (Å²) < 4.78 is 28.9. The lowest BCUT2D eigenvalue weighted by atomic mass is 10.1. The Labute approximate surface area is 143 Å². The number of carbonyl (C=O) groups is 1. The number of ketones is 1. The Morgan fingerprint density at radius 1 is 1.12 bits per heavy atom. The number of methoxy groups -OCH3 is 1. The van der Waals surface area contributed by atoms with Crippen molar-refractivity contribution in [1.29, 1.82) is 0 Å². The fourth-order valence-corrected chi connectivity index (χ4v) is 4.04. The van der Waals surface area contributed by atoms with Gasteiger partial charge in [0.1, 0.15) is 5.75 Å². The van der Waals surface area contributed by atoms with E-state index in [9.17, 15) is 14.5 Å². The van der Waals surface area contributed by atoms with Crippen molar-refractivity contribution in [2.24, 2.45) is 0 Å². The van der Waals surface area contributed by atoms with E-state index in [0.29, 0.717) is 11.3 Å². The van der Waals surface area contributed by atoms with E-state index in [1.165, 1.54) is 14.0 Å². The molecule has 1 aromatic rings. The fraction of sp³-hybridized carbons (Fsp3) is 0.588. The molecule has 1 N–H and O–H groups in total. The van der Waals surface area contributed by atoms with Gasteiger partial charge in [0.05, 0.1) is 25.7 Å². The second-order valence-corrected chi connectivity index (χ2v) is 8.73. The SMILES string of the molecule is COc1ccc(C(=O)C[C@](C)(O)P(=O)(OC(C)C)OC(C)C)cc1. The first-order valence-corrected chi connectivity index (χ1v) is 9.41. The zero-order chi connectivity index (χ0) is 18.5. The van der Waals surface area contributed by atoms with E-state index in [-0.39, 0.29) is 12.2 Å². The minimum absolute atomic E-state index is 0.359. The number of benzene rings is 1. The third-order valence-corrected chi connectivity index (χ3v) is 5.93. The van der Waals surface area contributed by atoms with Gasteiger partial charge in [0.25, 0.3) is 0 Å². The summed E-state index contributed by atoms with van der Waals surface area (Å²) in [6.07, 6.45) is -1.22. The number of carbonyl (C=O) groups excluding carboxylic acids is 1. The lowest BCUT2D eigenvalue weighted by Gasteiger charge is -2.33. The molecule has 0 fully saturated rings. The van der Waals surface area contributed by atoms with Crippen molar-refractivity contribution in [1.82, 2.24) is 0 Å². The fourth-order valence-electron chi connectivity index (χ4n) is 2.09. The van der Waals surface area contributed by atoms with Crippen molar-refractivity contribution < 1.29 is 28.3 Å². The van der Waals surface area contributed by atoms with Gasteiger partial charge in [-0.1, -0.05) is 0 Å². The van der Waals surface area contributed by atoms with Gasteiger partial charge in [-0.2, -0.15) is 0 Å². The highest BCUT2D eigenvalue weighted by atomic mass is 31.2. The lowest BCUT2D eigenvalue weighted by Crippen LogP contribution is -2.32. The molecule has 0 saturated heterocycles. The zero-order valence-corrected chi connectivity index (χ0v) is 16.0. The molecule has 0 aliphatic rings. The van der Waals surface area contributed by atoms with Crippen molar-refractivity contribution in [3.05, 3.63) is 29.8 Å². The van der Waals surface area contributed by atoms with E-state index in [0.717, 1.165) is 0 Å². The molecule has 1 aromatic carbocycles. The molecule has 0 bridgehead atoms. The average Bonchev–Trinajstić information content (AvgIpc) is 2.45. The maximum atomic E-state index is 13.1. The summed E-state index contributed by atoms with van der Waals surface area (Å²) in [5.41, 5.74) is 0.386. The van der Waals surface area contributed by atoms with Crippen LogP contribution in [-0.2, 0) is 13.6 Å². The molecule has 136 valence electrons. The predicted molar refractivity (Wildman–Crippen MR) is 92.6 cm³/mol. The number of ether oxygens (including phenoxy) is 1. The number of aliphatic hydroxyl groups is 1. The highest BCUT2D eigenvalue weighted by Crippen LogP contribution is 2.61. The molecule has 6 nitrogen and oxygen atoms in total. The smallest absolute Gasteiger partial charge is 0.362 e. The summed E-state index contributed by atoms with van der Waals surface area (Å²) in [5.74, 6) is 0.262. The largest absolute Gasteiger partial charge is 0.497 e. The molecule has 0 aliphatic heterocycles. The van der Waals surface area contributed by atoms with Crippen molar-refractivity contribution in [2.75, 3.05) is 7.11 Å². The zero-order valence-electron chi connectivity index (χ0n) is 15.1. The van der Waals surface area contributed by atoms with Crippen LogP contribution in [0.15, 0.2) is 24.3 Å². The number of hydrogen-bond acceptors (Lipinski definition) is 6. The van der Waals surface area contributed by atoms with Crippen molar-refractivity contribution >= 4 is 13.4 Å². The van der Waals surface area contributed by atoms with Crippen LogP contribution >= 0.6 is 7.60 Å². The molecule has 0 radical (unpaired) electrons. The van der Waals surface area contributed by atoms with Gasteiger partial charge in [-0.05, 0) is 58.9 Å². The first-order chi connectivity index (χ1) is 11.0. The highest BCUT2D eigenvalue weighted by molar-refractivity contribution is 7.55. The minimum Gasteiger partial charge on any atom is -0.497 e. The molecule has 0 heterocycles. The monoisotopic (exact) mass is 358 g/mol. The summed E-state index contributed by atoms with van der Waals surface area (Å²) >= 11 is 0. The van der Waals surface area contributed by atoms with Gasteiger partial charge in [-0.15, -0.1) is 0 Å². The van der Waals surface area contributed by atoms with Gasteiger partial charge >= 0.3 is 7.60 Å². The Balaban J connectivity index is 3.01. The predicted octanol–water partition coefficient (Wildman–Crippen LogP) is 4.02. The van der Waals surface area contributed by atoms with Crippen LogP contribution in [0.4, 0.5) is 0 Å². The normalized spacial score (nSPS) is 14.7. The maximum absolute atomic E-state index is 13.1. The van der Waals surface area contributed by atoms with Crippen LogP contribution < -0.4 is 4.74 Å². The lowest BCUT2D eigenvalue weighted by molar-refractivity contribution is 0.0459. The molecule has 0 amide bonds. The molecular weight excluding hydrogens is 331 g/mol. The molecule has 0 aromatic heterocycles. The third kappa shape index (κ3) is 5.42. The molecule has 0 unspecified atom stereocenters. The van der Waals surface area contributed by atoms with Crippen LogP contribution in [0, 0.1) is 0 Å². The summed E-state index contributed by atoms with van der Waals surface area (Å²) in [6, 6.07) is 6.48. The van der Waals surface area contributed by atoms with Crippen LogP contribution in [-0.4, -0.2) is 35.5 Å². The van der Waals surface area contributed by atoms with Gasteiger partial charge in [0.15, 0.2) is 11.1 Å². The first-order valence-electron chi connectivity index (χ1n) is 7.87. The van der Waals surface area contributed by atoms with Gasteiger partial charge in [-0.25, -0.2) is 0 Å². The van der Waals surface area contributed by atoms with Crippen LogP contribution in [0.25, 0.3) is 0 Å². The third-order valence-electron chi connectivity index (χ3n) is 3.20. The summed E-state index contributed by atoms with van der Waals surface area (Å²) in [7, 11) is -2.38. The van der Waals surface area contributed by atoms with E-state index in [1.807, 2.05) is 0 Å². The molecule has 1 atom stereocenters. The molecule has 24 heavy (non-hydrogen) atoms. The standard InChI is InChI=1S/C17H27O6P/c1-12(2)22-24(20,23-13(3)4)17(5,19)11-16(18)14-7-9-15(21-6)10-8-14/h7-10,12-13,19H,11H2,1-6H3/t17-/m1/s1. The summed E-state index contributed by atoms with van der Waals surface area (Å²) in [5, 5.41) is 8.77. The van der Waals surface area contributed by atoms with Crippen LogP contribution in [0.3, 0.4) is 0 Å². The Kier molecular flexibility index (Phi) is 7.17. The maximum Gasteiger partial charge on any atom is 0.362 e. The van der Waals surface area contributed by atoms with Crippen molar-refractivity contribution in [3.8, 4) is 5.75 Å². The molecule has 0 spiro atoms. The Morgan fingerprint density at radius 3 is 1.96 bits per heavy atom. The van der Waals surface area contributed by atoms with Crippen molar-refractivity contribution in [3.63, 3.8) is 0 Å². The highest BCUT2D eigenvalue weighted by Gasteiger charge is 2.48. The summed E-state index contributed by atoms with van der Waals surface area (Å²) in [6.45, 7) is 8.07. The number of Topliss-reactive ketones (excluding diaryl/α,β-unsaturated/α-hetero) is 1. The second-order valence-electron chi connectivity index (χ2n) is 6.35. The number of rotatable bonds is 9. The average molecular weight is 358 g/mol. The molecule has 0 saturated carbocycles. The molecule has 0 aliphatic carbocycles.